The Morgan fingerprint density at radius 1 is 1.09 bits per heavy atom. The van der Waals surface area contributed by atoms with Crippen LogP contribution in [0.25, 0.3) is 0 Å². The van der Waals surface area contributed by atoms with E-state index in [1.54, 1.807) is 53.8 Å². The molecule has 1 heterocycles. The van der Waals surface area contributed by atoms with E-state index in [1.165, 1.54) is 16.3 Å². The Kier molecular flexibility index (Phi) is 12.2. The number of carbonyl (C=O) groups is 2. The van der Waals surface area contributed by atoms with E-state index in [0.29, 0.717) is 10.8 Å². The molecule has 0 aromatic carbocycles. The zero-order valence-electron chi connectivity index (χ0n) is 20.9. The summed E-state index contributed by atoms with van der Waals surface area (Å²) in [5.41, 5.74) is -2.07. The molecule has 0 aliphatic carbocycles. The number of ether oxygens (including phenoxy) is 3. The van der Waals surface area contributed by atoms with Gasteiger partial charge in [0.05, 0.1) is 29.7 Å². The maximum atomic E-state index is 13.0. The van der Waals surface area contributed by atoms with Crippen LogP contribution in [0.2, 0.25) is 0 Å². The first-order valence-electron chi connectivity index (χ1n) is 10.6. The monoisotopic (exact) mass is 532 g/mol. The summed E-state index contributed by atoms with van der Waals surface area (Å²) in [6.45, 7) is 8.69. The highest BCUT2D eigenvalue weighted by Gasteiger charge is 2.30. The normalized spacial score (nSPS) is 12.1. The standard InChI is InChI=1S/C22H33N2O9PS/c1-8-13-35-17-9-10-24(20(27)23-17)11-12-29-16-34(28,32-14-30-18(25)21(2,3)4)33-15-31-19(26)22(5,6)7/h1,9-10H,11-16H2,2-7H3. The molecule has 196 valence electrons. The molecule has 11 nitrogen and oxygen atoms in total. The maximum Gasteiger partial charge on any atom is 0.361 e. The topological polar surface area (TPSA) is 132 Å². The van der Waals surface area contributed by atoms with Gasteiger partial charge in [-0.05, 0) is 47.6 Å². The molecule has 0 bridgehead atoms. The number of rotatable bonds is 13. The summed E-state index contributed by atoms with van der Waals surface area (Å²) in [5, 5.41) is 0.506. The fraction of sp³-hybridized carbons (Fsp3) is 0.636. The minimum atomic E-state index is -3.99. The SMILES string of the molecule is C#CCSc1ccn(CCOCP(=O)(OCOC(=O)C(C)(C)C)OCOC(=O)C(C)(C)C)c(=O)n1. The van der Waals surface area contributed by atoms with E-state index in [1.807, 2.05) is 0 Å². The molecule has 1 rings (SSSR count). The maximum absolute atomic E-state index is 13.0. The van der Waals surface area contributed by atoms with Gasteiger partial charge in [0.2, 0.25) is 13.6 Å². The van der Waals surface area contributed by atoms with Crippen LogP contribution in [0.1, 0.15) is 41.5 Å². The molecule has 0 aliphatic heterocycles. The summed E-state index contributed by atoms with van der Waals surface area (Å²) in [7, 11) is -3.99. The lowest BCUT2D eigenvalue weighted by Crippen LogP contribution is -2.25. The van der Waals surface area contributed by atoms with Gasteiger partial charge in [0.1, 0.15) is 11.4 Å². The van der Waals surface area contributed by atoms with Crippen LogP contribution in [0.4, 0.5) is 0 Å². The average molecular weight is 533 g/mol. The second kappa shape index (κ2) is 13.8. The summed E-state index contributed by atoms with van der Waals surface area (Å²) >= 11 is 1.26. The molecule has 0 spiro atoms. The van der Waals surface area contributed by atoms with Gasteiger partial charge in [0.25, 0.3) is 0 Å². The van der Waals surface area contributed by atoms with Gasteiger partial charge in [0.15, 0.2) is 0 Å². The number of esters is 2. The molecule has 13 heteroatoms. The Morgan fingerprint density at radius 3 is 2.09 bits per heavy atom. The van der Waals surface area contributed by atoms with Gasteiger partial charge in [-0.15, -0.1) is 6.42 Å². The van der Waals surface area contributed by atoms with Gasteiger partial charge in [-0.25, -0.2) is 4.79 Å². The Bertz CT molecular complexity index is 970. The van der Waals surface area contributed by atoms with E-state index < -0.39 is 56.0 Å². The van der Waals surface area contributed by atoms with E-state index in [4.69, 9.17) is 29.7 Å². The highest BCUT2D eigenvalue weighted by Crippen LogP contribution is 2.48. The zero-order chi connectivity index (χ0) is 26.7. The van der Waals surface area contributed by atoms with Crippen molar-refractivity contribution in [2.24, 2.45) is 10.8 Å². The Labute approximate surface area is 209 Å². The van der Waals surface area contributed by atoms with Crippen molar-refractivity contribution in [3.63, 3.8) is 0 Å². The third-order valence-electron chi connectivity index (χ3n) is 3.98. The largest absolute Gasteiger partial charge is 0.438 e. The van der Waals surface area contributed by atoms with Crippen LogP contribution in [-0.2, 0) is 44.0 Å². The van der Waals surface area contributed by atoms with Gasteiger partial charge >= 0.3 is 25.2 Å². The van der Waals surface area contributed by atoms with E-state index in [-0.39, 0.29) is 13.2 Å². The quantitative estimate of drug-likeness (QED) is 0.0705. The predicted octanol–water partition coefficient (Wildman–Crippen LogP) is 3.26. The van der Waals surface area contributed by atoms with Crippen molar-refractivity contribution in [3.8, 4) is 12.3 Å². The summed E-state index contributed by atoms with van der Waals surface area (Å²) in [5.74, 6) is 1.71. The van der Waals surface area contributed by atoms with Gasteiger partial charge in [-0.3, -0.25) is 27.8 Å². The number of nitrogens with zero attached hydrogens (tertiary/aromatic N) is 2. The number of aromatic nitrogens is 2. The van der Waals surface area contributed by atoms with Crippen LogP contribution in [0.15, 0.2) is 22.1 Å². The van der Waals surface area contributed by atoms with E-state index in [2.05, 4.69) is 10.9 Å². The van der Waals surface area contributed by atoms with Crippen LogP contribution in [-0.4, -0.2) is 53.8 Å². The van der Waals surface area contributed by atoms with Gasteiger partial charge < -0.3 is 14.2 Å². The van der Waals surface area contributed by atoms with Gasteiger partial charge in [-0.2, -0.15) is 4.98 Å². The van der Waals surface area contributed by atoms with Crippen molar-refractivity contribution in [1.29, 1.82) is 0 Å². The van der Waals surface area contributed by atoms with Crippen LogP contribution in [0.5, 0.6) is 0 Å². The average Bonchev–Trinajstić information content (AvgIpc) is 2.75. The number of thioether (sulfide) groups is 1. The Hall–Kier alpha value is -2.16. The molecule has 0 saturated carbocycles. The molecule has 0 aliphatic rings. The fourth-order valence-corrected chi connectivity index (χ4v) is 3.52. The lowest BCUT2D eigenvalue weighted by Gasteiger charge is -2.22. The molecule has 0 atom stereocenters. The van der Waals surface area contributed by atoms with E-state index in [9.17, 15) is 18.9 Å². The van der Waals surface area contributed by atoms with Crippen molar-refractivity contribution in [3.05, 3.63) is 22.7 Å². The van der Waals surface area contributed by atoms with Crippen molar-refractivity contribution in [2.45, 2.75) is 53.1 Å². The van der Waals surface area contributed by atoms with Crippen molar-refractivity contribution in [2.75, 3.05) is 32.3 Å². The Morgan fingerprint density at radius 2 is 1.63 bits per heavy atom. The number of hydrogen-bond donors (Lipinski definition) is 0. The highest BCUT2D eigenvalue weighted by molar-refractivity contribution is 7.99. The first-order valence-corrected chi connectivity index (χ1v) is 13.3. The van der Waals surface area contributed by atoms with Crippen molar-refractivity contribution >= 4 is 31.3 Å². The van der Waals surface area contributed by atoms with Crippen molar-refractivity contribution in [1.82, 2.24) is 9.55 Å². The first-order chi connectivity index (χ1) is 16.2. The molecule has 0 saturated heterocycles. The fourth-order valence-electron chi connectivity index (χ4n) is 1.98. The zero-order valence-corrected chi connectivity index (χ0v) is 22.6. The second-order valence-electron chi connectivity index (χ2n) is 9.24. The predicted molar refractivity (Wildman–Crippen MR) is 129 cm³/mol. The summed E-state index contributed by atoms with van der Waals surface area (Å²) in [6, 6.07) is 1.65. The lowest BCUT2D eigenvalue weighted by molar-refractivity contribution is -0.162. The molecule has 35 heavy (non-hydrogen) atoms. The van der Waals surface area contributed by atoms with Gasteiger partial charge in [-0.1, -0.05) is 17.7 Å². The molecular formula is C22H33N2O9PS. The summed E-state index contributed by atoms with van der Waals surface area (Å²) in [4.78, 5) is 39.8. The lowest BCUT2D eigenvalue weighted by atomic mass is 9.98. The van der Waals surface area contributed by atoms with Gasteiger partial charge in [0, 0.05) is 6.20 Å². The minimum absolute atomic E-state index is 0.0291. The molecule has 0 fully saturated rings. The van der Waals surface area contributed by atoms with Crippen LogP contribution >= 0.6 is 19.4 Å². The van der Waals surface area contributed by atoms with Crippen LogP contribution in [0.3, 0.4) is 0 Å². The summed E-state index contributed by atoms with van der Waals surface area (Å²) in [6.07, 6.45) is 6.21. The minimum Gasteiger partial charge on any atom is -0.438 e. The second-order valence-corrected chi connectivity index (χ2v) is 12.2. The van der Waals surface area contributed by atoms with Crippen LogP contribution < -0.4 is 5.69 Å². The molecule has 1 aromatic heterocycles. The number of terminal acetylenes is 1. The third-order valence-corrected chi connectivity index (χ3v) is 6.31. The Balaban J connectivity index is 2.68. The third kappa shape index (κ3) is 11.9. The first kappa shape index (κ1) is 30.9. The molecule has 1 aromatic rings. The molecule has 0 unspecified atom stereocenters. The smallest absolute Gasteiger partial charge is 0.361 e. The number of carbonyl (C=O) groups excluding carboxylic acids is 2. The van der Waals surface area contributed by atoms with E-state index in [0.717, 1.165) is 0 Å². The molecule has 0 radical (unpaired) electrons. The molecule has 0 N–H and O–H groups in total. The molecular weight excluding hydrogens is 499 g/mol. The summed E-state index contributed by atoms with van der Waals surface area (Å²) < 4.78 is 40.0. The van der Waals surface area contributed by atoms with Crippen LogP contribution in [0, 0.1) is 23.2 Å². The van der Waals surface area contributed by atoms with Crippen molar-refractivity contribution < 1.29 is 37.4 Å². The highest BCUT2D eigenvalue weighted by atomic mass is 32.2. The molecule has 0 amide bonds. The number of hydrogen-bond acceptors (Lipinski definition) is 11. The van der Waals surface area contributed by atoms with E-state index >= 15 is 0 Å².